The minimum Gasteiger partial charge on any atom is -0.478 e. The maximum atomic E-state index is 11.8. The Hall–Kier alpha value is -3.63. The highest BCUT2D eigenvalue weighted by Gasteiger charge is 2.21. The maximum absolute atomic E-state index is 11.8. The number of hydrogen-bond acceptors (Lipinski definition) is 9. The van der Waals surface area contributed by atoms with E-state index in [1.165, 1.54) is 0 Å². The molecule has 0 heterocycles. The van der Waals surface area contributed by atoms with Gasteiger partial charge in [-0.3, -0.25) is 15.5 Å². The largest absolute Gasteiger partial charge is 0.478 e. The number of nitrogens with zero attached hydrogens (tertiary/aromatic N) is 1. The second-order valence-electron chi connectivity index (χ2n) is 4.56. The summed E-state index contributed by atoms with van der Waals surface area (Å²) in [5, 5.41) is 19.9. The quantitative estimate of drug-likeness (QED) is 0.145. The molecule has 0 aliphatic carbocycles. The Morgan fingerprint density at radius 1 is 1.19 bits per heavy atom. The van der Waals surface area contributed by atoms with Gasteiger partial charge < -0.3 is 20.0 Å². The van der Waals surface area contributed by atoms with E-state index in [2.05, 4.69) is 10.9 Å². The molecule has 0 atom stereocenters. The first kappa shape index (κ1) is 20.4. The molecule has 0 saturated carbocycles. The zero-order chi connectivity index (χ0) is 19.7. The highest BCUT2D eigenvalue weighted by atomic mass is 16.6. The Morgan fingerprint density at radius 2 is 1.77 bits per heavy atom. The van der Waals surface area contributed by atoms with Crippen molar-refractivity contribution >= 4 is 29.3 Å². The number of carbonyl (C=O) groups is 3. The summed E-state index contributed by atoms with van der Waals surface area (Å²) in [6.45, 7) is 3.18. The summed E-state index contributed by atoms with van der Waals surface area (Å²) in [6, 6.07) is 3.19. The summed E-state index contributed by atoms with van der Waals surface area (Å²) >= 11 is 0. The number of aromatic carboxylic acids is 1. The van der Waals surface area contributed by atoms with E-state index in [0.717, 1.165) is 24.4 Å². The lowest BCUT2D eigenvalue weighted by atomic mass is 10.2. The number of nitro groups is 1. The molecular formula is C15H17N3O8. The van der Waals surface area contributed by atoms with E-state index < -0.39 is 34.1 Å². The Morgan fingerprint density at radius 3 is 2.23 bits per heavy atom. The third kappa shape index (κ3) is 5.47. The molecule has 26 heavy (non-hydrogen) atoms. The zero-order valence-electron chi connectivity index (χ0n) is 14.0. The first-order chi connectivity index (χ1) is 12.3. The Bertz CT molecular complexity index is 724. The number of anilines is 1. The molecule has 11 heteroatoms. The maximum Gasteiger partial charge on any atom is 0.347 e. The summed E-state index contributed by atoms with van der Waals surface area (Å²) < 4.78 is 9.46. The highest BCUT2D eigenvalue weighted by molar-refractivity contribution is 6.14. The van der Waals surface area contributed by atoms with E-state index in [9.17, 15) is 24.5 Å². The second-order valence-corrected chi connectivity index (χ2v) is 4.56. The number of rotatable bonds is 9. The molecule has 0 aromatic heterocycles. The lowest BCUT2D eigenvalue weighted by molar-refractivity contribution is -0.384. The molecule has 0 fully saturated rings. The highest BCUT2D eigenvalue weighted by Crippen LogP contribution is 2.25. The lowest BCUT2D eigenvalue weighted by Gasteiger charge is -2.10. The van der Waals surface area contributed by atoms with Gasteiger partial charge in [0.15, 0.2) is 5.57 Å². The van der Waals surface area contributed by atoms with Crippen LogP contribution in [0.15, 0.2) is 30.0 Å². The molecule has 1 aromatic carbocycles. The van der Waals surface area contributed by atoms with Crippen LogP contribution in [-0.2, 0) is 19.1 Å². The molecule has 0 saturated heterocycles. The van der Waals surface area contributed by atoms with E-state index in [0.29, 0.717) is 0 Å². The molecule has 0 aliphatic rings. The van der Waals surface area contributed by atoms with Crippen molar-refractivity contribution in [2.45, 2.75) is 13.8 Å². The molecule has 1 rings (SSSR count). The van der Waals surface area contributed by atoms with Crippen LogP contribution in [0.1, 0.15) is 24.2 Å². The van der Waals surface area contributed by atoms with E-state index >= 15 is 0 Å². The molecule has 0 bridgehead atoms. The minimum absolute atomic E-state index is 0.0329. The van der Waals surface area contributed by atoms with E-state index in [1.807, 2.05) is 0 Å². The number of carboxylic acid groups (broad SMARTS) is 1. The average molecular weight is 367 g/mol. The van der Waals surface area contributed by atoms with Gasteiger partial charge in [-0.2, -0.15) is 0 Å². The topological polar surface area (TPSA) is 157 Å². The Balaban J connectivity index is 3.02. The fourth-order valence-corrected chi connectivity index (χ4v) is 1.73. The van der Waals surface area contributed by atoms with Crippen molar-refractivity contribution in [3.63, 3.8) is 0 Å². The molecular weight excluding hydrogens is 350 g/mol. The SMILES string of the molecule is CCOC(=O)C(=CNNc1ccc(C(=O)O)cc1[N+](=O)[O-])C(=O)OCC. The molecule has 140 valence electrons. The molecule has 3 N–H and O–H groups in total. The van der Waals surface area contributed by atoms with Crippen LogP contribution in [0.3, 0.4) is 0 Å². The Labute approximate surface area is 147 Å². The number of hydrogen-bond donors (Lipinski definition) is 3. The normalized spacial score (nSPS) is 9.62. The van der Waals surface area contributed by atoms with Crippen LogP contribution >= 0.6 is 0 Å². The van der Waals surface area contributed by atoms with Gasteiger partial charge in [-0.15, -0.1) is 0 Å². The average Bonchev–Trinajstić information content (AvgIpc) is 2.58. The molecule has 0 aliphatic heterocycles. The van der Waals surface area contributed by atoms with Crippen LogP contribution < -0.4 is 10.9 Å². The van der Waals surface area contributed by atoms with Crippen molar-refractivity contribution in [1.29, 1.82) is 0 Å². The number of ether oxygens (including phenoxy) is 2. The van der Waals surface area contributed by atoms with Gasteiger partial charge in [0, 0.05) is 12.3 Å². The van der Waals surface area contributed by atoms with Gasteiger partial charge in [0.25, 0.3) is 5.69 Å². The van der Waals surface area contributed by atoms with Crippen LogP contribution in [-0.4, -0.2) is 41.2 Å². The predicted octanol–water partition coefficient (Wildman–Crippen LogP) is 1.22. The summed E-state index contributed by atoms with van der Waals surface area (Å²) in [4.78, 5) is 44.7. The van der Waals surface area contributed by atoms with E-state index in [1.54, 1.807) is 13.8 Å². The minimum atomic E-state index is -1.32. The monoisotopic (exact) mass is 367 g/mol. The van der Waals surface area contributed by atoms with Crippen LogP contribution in [0.4, 0.5) is 11.4 Å². The Kier molecular flexibility index (Phi) is 7.55. The number of carbonyl (C=O) groups excluding carboxylic acids is 2. The number of benzene rings is 1. The van der Waals surface area contributed by atoms with Gasteiger partial charge in [-0.1, -0.05) is 0 Å². The first-order valence-electron chi connectivity index (χ1n) is 7.39. The fraction of sp³-hybridized carbons (Fsp3) is 0.267. The molecule has 0 spiro atoms. The molecule has 0 amide bonds. The van der Waals surface area contributed by atoms with Gasteiger partial charge >= 0.3 is 17.9 Å². The van der Waals surface area contributed by atoms with E-state index in [-0.39, 0.29) is 24.5 Å². The molecule has 1 aromatic rings. The van der Waals surface area contributed by atoms with E-state index in [4.69, 9.17) is 14.6 Å². The van der Waals surface area contributed by atoms with Crippen LogP contribution in [0.2, 0.25) is 0 Å². The van der Waals surface area contributed by atoms with Crippen LogP contribution in [0.25, 0.3) is 0 Å². The van der Waals surface area contributed by atoms with Crippen molar-refractivity contribution in [1.82, 2.24) is 5.43 Å². The summed E-state index contributed by atoms with van der Waals surface area (Å²) in [5.41, 5.74) is 3.45. The summed E-state index contributed by atoms with van der Waals surface area (Å²) in [7, 11) is 0. The molecule has 11 nitrogen and oxygen atoms in total. The van der Waals surface area contributed by atoms with Gasteiger partial charge in [0.1, 0.15) is 5.69 Å². The number of carboxylic acids is 1. The van der Waals surface area contributed by atoms with Crippen LogP contribution in [0, 0.1) is 10.1 Å². The lowest BCUT2D eigenvalue weighted by Crippen LogP contribution is -2.24. The number of hydrazine groups is 1. The van der Waals surface area contributed by atoms with Crippen molar-refractivity contribution in [2.24, 2.45) is 0 Å². The van der Waals surface area contributed by atoms with Crippen molar-refractivity contribution in [3.8, 4) is 0 Å². The predicted molar refractivity (Wildman–Crippen MR) is 88.2 cm³/mol. The number of esters is 2. The van der Waals surface area contributed by atoms with Gasteiger partial charge in [-0.25, -0.2) is 14.4 Å². The number of nitro benzene ring substituents is 1. The standard InChI is InChI=1S/C15H17N3O8/c1-3-25-14(21)10(15(22)26-4-2)8-16-17-11-6-5-9(13(19)20)7-12(11)18(23)24/h5-8,16-17H,3-4H2,1-2H3,(H,19,20). The van der Waals surface area contributed by atoms with Gasteiger partial charge in [-0.05, 0) is 26.0 Å². The number of nitrogens with one attached hydrogen (secondary N) is 2. The third-order valence-electron chi connectivity index (χ3n) is 2.86. The van der Waals surface area contributed by atoms with Gasteiger partial charge in [0.2, 0.25) is 0 Å². The first-order valence-corrected chi connectivity index (χ1v) is 7.39. The zero-order valence-corrected chi connectivity index (χ0v) is 14.0. The molecule has 0 unspecified atom stereocenters. The second kappa shape index (κ2) is 9.61. The summed E-state index contributed by atoms with van der Waals surface area (Å²) in [6.07, 6.45) is 0.935. The van der Waals surface area contributed by atoms with Gasteiger partial charge in [0.05, 0.1) is 23.7 Å². The van der Waals surface area contributed by atoms with Crippen molar-refractivity contribution in [3.05, 3.63) is 45.6 Å². The summed E-state index contributed by atoms with van der Waals surface area (Å²) in [5.74, 6) is -3.19. The fourth-order valence-electron chi connectivity index (χ4n) is 1.73. The molecule has 0 radical (unpaired) electrons. The smallest absolute Gasteiger partial charge is 0.347 e. The van der Waals surface area contributed by atoms with Crippen molar-refractivity contribution in [2.75, 3.05) is 18.6 Å². The third-order valence-corrected chi connectivity index (χ3v) is 2.86. The van der Waals surface area contributed by atoms with Crippen LogP contribution in [0.5, 0.6) is 0 Å². The van der Waals surface area contributed by atoms with Crippen molar-refractivity contribution < 1.29 is 33.9 Å².